The summed E-state index contributed by atoms with van der Waals surface area (Å²) >= 11 is 0. The van der Waals surface area contributed by atoms with E-state index in [0.717, 1.165) is 5.56 Å². The highest BCUT2D eigenvalue weighted by atomic mass is 16.5. The molecule has 0 saturated heterocycles. The fourth-order valence-corrected chi connectivity index (χ4v) is 1.55. The predicted octanol–water partition coefficient (Wildman–Crippen LogP) is 1.97. The normalized spacial score (nSPS) is 9.89. The first-order valence-electron chi connectivity index (χ1n) is 5.29. The van der Waals surface area contributed by atoms with Gasteiger partial charge in [-0.3, -0.25) is 4.79 Å². The molecule has 0 fully saturated rings. The summed E-state index contributed by atoms with van der Waals surface area (Å²) in [6.45, 7) is 0. The fraction of sp³-hybridized carbons (Fsp3) is 0.154. The van der Waals surface area contributed by atoms with Crippen LogP contribution in [0.25, 0.3) is 11.4 Å². The number of ether oxygens (including phenoxy) is 2. The van der Waals surface area contributed by atoms with Crippen molar-refractivity contribution < 1.29 is 14.3 Å². The molecular weight excluding hydrogens is 232 g/mol. The van der Waals surface area contributed by atoms with Crippen molar-refractivity contribution in [2.24, 2.45) is 0 Å². The predicted molar refractivity (Wildman–Crippen MR) is 66.0 cm³/mol. The molecule has 0 aliphatic rings. The number of aldehydes is 1. The van der Waals surface area contributed by atoms with E-state index in [2.05, 4.69) is 9.97 Å². The van der Waals surface area contributed by atoms with Crippen molar-refractivity contribution in [3.63, 3.8) is 0 Å². The van der Waals surface area contributed by atoms with Crippen LogP contribution in [0.15, 0.2) is 30.5 Å². The van der Waals surface area contributed by atoms with Gasteiger partial charge in [-0.05, 0) is 24.3 Å². The Balaban J connectivity index is 2.47. The van der Waals surface area contributed by atoms with E-state index in [0.29, 0.717) is 29.3 Å². The van der Waals surface area contributed by atoms with Crippen LogP contribution in [0.2, 0.25) is 0 Å². The van der Waals surface area contributed by atoms with Crippen molar-refractivity contribution >= 4 is 6.29 Å². The monoisotopic (exact) mass is 244 g/mol. The summed E-state index contributed by atoms with van der Waals surface area (Å²) in [6.07, 6.45) is 2.23. The third-order valence-electron chi connectivity index (χ3n) is 2.44. The van der Waals surface area contributed by atoms with E-state index >= 15 is 0 Å². The molecule has 1 heterocycles. The topological polar surface area (TPSA) is 61.3 Å². The van der Waals surface area contributed by atoms with E-state index in [1.807, 2.05) is 6.07 Å². The van der Waals surface area contributed by atoms with Crippen molar-refractivity contribution in [2.75, 3.05) is 14.2 Å². The van der Waals surface area contributed by atoms with Crippen molar-refractivity contribution in [3.8, 4) is 22.9 Å². The Bertz CT molecular complexity index is 570. The Morgan fingerprint density at radius 1 is 1.11 bits per heavy atom. The molecule has 1 aromatic heterocycles. The molecule has 2 rings (SSSR count). The average molecular weight is 244 g/mol. The van der Waals surface area contributed by atoms with Crippen LogP contribution in [0.3, 0.4) is 0 Å². The van der Waals surface area contributed by atoms with Crippen LogP contribution < -0.4 is 9.47 Å². The van der Waals surface area contributed by atoms with Crippen LogP contribution in [0, 0.1) is 0 Å². The third-order valence-corrected chi connectivity index (χ3v) is 2.44. The standard InChI is InChI=1S/C13H12N2O3/c1-17-11-4-3-9(7-12(11)18-2)13-14-6-5-10(8-16)15-13/h3-8H,1-2H3. The Hall–Kier alpha value is -2.43. The van der Waals surface area contributed by atoms with Crippen molar-refractivity contribution in [1.29, 1.82) is 0 Å². The maximum atomic E-state index is 10.7. The highest BCUT2D eigenvalue weighted by Crippen LogP contribution is 2.30. The first-order valence-corrected chi connectivity index (χ1v) is 5.29. The molecule has 92 valence electrons. The summed E-state index contributed by atoms with van der Waals surface area (Å²) in [5.74, 6) is 1.70. The molecule has 0 aliphatic heterocycles. The minimum Gasteiger partial charge on any atom is -0.493 e. The maximum absolute atomic E-state index is 10.7. The zero-order valence-electron chi connectivity index (χ0n) is 10.1. The summed E-state index contributed by atoms with van der Waals surface area (Å²) in [5.41, 5.74) is 1.10. The highest BCUT2D eigenvalue weighted by Gasteiger charge is 2.08. The molecule has 1 aromatic carbocycles. The van der Waals surface area contributed by atoms with Gasteiger partial charge >= 0.3 is 0 Å². The molecule has 0 bridgehead atoms. The van der Waals surface area contributed by atoms with Gasteiger partial charge in [-0.15, -0.1) is 0 Å². The molecule has 2 aromatic rings. The second-order valence-electron chi connectivity index (χ2n) is 3.49. The number of hydrogen-bond acceptors (Lipinski definition) is 5. The van der Waals surface area contributed by atoms with Gasteiger partial charge in [-0.25, -0.2) is 9.97 Å². The summed E-state index contributed by atoms with van der Waals surface area (Å²) in [7, 11) is 3.13. The van der Waals surface area contributed by atoms with E-state index in [1.165, 1.54) is 0 Å². The Kier molecular flexibility index (Phi) is 3.52. The van der Waals surface area contributed by atoms with Crippen LogP contribution in [0.1, 0.15) is 10.5 Å². The molecular formula is C13H12N2O3. The minimum atomic E-state index is 0.342. The fourth-order valence-electron chi connectivity index (χ4n) is 1.55. The molecule has 0 aliphatic carbocycles. The lowest BCUT2D eigenvalue weighted by molar-refractivity contribution is 0.111. The van der Waals surface area contributed by atoms with Crippen LogP contribution in [0.4, 0.5) is 0 Å². The SMILES string of the molecule is COc1ccc(-c2nccc(C=O)n2)cc1OC. The Labute approximate surface area is 104 Å². The number of methoxy groups -OCH3 is 2. The number of benzene rings is 1. The molecule has 5 heteroatoms. The van der Waals surface area contributed by atoms with E-state index in [4.69, 9.17) is 9.47 Å². The highest BCUT2D eigenvalue weighted by molar-refractivity contribution is 5.73. The minimum absolute atomic E-state index is 0.342. The second kappa shape index (κ2) is 5.27. The lowest BCUT2D eigenvalue weighted by Crippen LogP contribution is -1.95. The van der Waals surface area contributed by atoms with Gasteiger partial charge in [0.05, 0.1) is 14.2 Å². The van der Waals surface area contributed by atoms with Crippen LogP contribution in [-0.2, 0) is 0 Å². The van der Waals surface area contributed by atoms with E-state index < -0.39 is 0 Å². The molecule has 0 spiro atoms. The summed E-state index contributed by atoms with van der Waals surface area (Å²) in [6, 6.07) is 6.90. The quantitative estimate of drug-likeness (QED) is 0.769. The molecule has 18 heavy (non-hydrogen) atoms. The molecule has 0 saturated carbocycles. The van der Waals surface area contributed by atoms with Gasteiger partial charge in [0, 0.05) is 11.8 Å². The van der Waals surface area contributed by atoms with E-state index in [9.17, 15) is 4.79 Å². The lowest BCUT2D eigenvalue weighted by atomic mass is 10.2. The van der Waals surface area contributed by atoms with Crippen molar-refractivity contribution in [1.82, 2.24) is 9.97 Å². The number of nitrogens with zero attached hydrogens (tertiary/aromatic N) is 2. The van der Waals surface area contributed by atoms with E-state index in [-0.39, 0.29) is 0 Å². The average Bonchev–Trinajstić information content (AvgIpc) is 2.46. The lowest BCUT2D eigenvalue weighted by Gasteiger charge is -2.08. The van der Waals surface area contributed by atoms with Crippen LogP contribution >= 0.6 is 0 Å². The van der Waals surface area contributed by atoms with Gasteiger partial charge in [-0.2, -0.15) is 0 Å². The molecule has 0 atom stereocenters. The molecule has 0 N–H and O–H groups in total. The molecule has 0 amide bonds. The van der Waals surface area contributed by atoms with Gasteiger partial charge in [-0.1, -0.05) is 0 Å². The number of hydrogen-bond donors (Lipinski definition) is 0. The van der Waals surface area contributed by atoms with Gasteiger partial charge in [0.25, 0.3) is 0 Å². The smallest absolute Gasteiger partial charge is 0.168 e. The summed E-state index contributed by atoms with van der Waals surface area (Å²) in [5, 5.41) is 0. The van der Waals surface area contributed by atoms with Crippen molar-refractivity contribution in [2.45, 2.75) is 0 Å². The molecule has 5 nitrogen and oxygen atoms in total. The number of rotatable bonds is 4. The second-order valence-corrected chi connectivity index (χ2v) is 3.49. The zero-order valence-corrected chi connectivity index (χ0v) is 10.1. The van der Waals surface area contributed by atoms with E-state index in [1.54, 1.807) is 38.6 Å². The largest absolute Gasteiger partial charge is 0.493 e. The summed E-state index contributed by atoms with van der Waals surface area (Å²) < 4.78 is 10.4. The number of aromatic nitrogens is 2. The Morgan fingerprint density at radius 2 is 1.89 bits per heavy atom. The number of carbonyl (C=O) groups excluding carboxylic acids is 1. The molecule has 0 unspecified atom stereocenters. The maximum Gasteiger partial charge on any atom is 0.168 e. The van der Waals surface area contributed by atoms with Crippen LogP contribution in [-0.4, -0.2) is 30.5 Å². The molecule has 0 radical (unpaired) electrons. The van der Waals surface area contributed by atoms with Crippen molar-refractivity contribution in [3.05, 3.63) is 36.2 Å². The first-order chi connectivity index (χ1) is 8.78. The first kappa shape index (κ1) is 12.0. The van der Waals surface area contributed by atoms with Crippen LogP contribution in [0.5, 0.6) is 11.5 Å². The third kappa shape index (κ3) is 2.29. The van der Waals surface area contributed by atoms with Gasteiger partial charge < -0.3 is 9.47 Å². The van der Waals surface area contributed by atoms with Gasteiger partial charge in [0.2, 0.25) is 0 Å². The Morgan fingerprint density at radius 3 is 2.56 bits per heavy atom. The van der Waals surface area contributed by atoms with Gasteiger partial charge in [0.15, 0.2) is 23.6 Å². The summed E-state index contributed by atoms with van der Waals surface area (Å²) in [4.78, 5) is 18.9. The number of carbonyl (C=O) groups is 1. The van der Waals surface area contributed by atoms with Gasteiger partial charge in [0.1, 0.15) is 5.69 Å². The zero-order chi connectivity index (χ0) is 13.0.